The highest BCUT2D eigenvalue weighted by Crippen LogP contribution is 2.23. The Bertz CT molecular complexity index is 4070. The Kier molecular flexibility index (Phi) is 54.9. The van der Waals surface area contributed by atoms with Gasteiger partial charge in [-0.2, -0.15) is 0 Å². The number of ether oxygens (including phenoxy) is 5. The molecule has 127 heavy (non-hydrogen) atoms. The zero-order valence-corrected chi connectivity index (χ0v) is 79.0. The summed E-state index contributed by atoms with van der Waals surface area (Å²) >= 11 is 0. The number of esters is 2. The fourth-order valence-corrected chi connectivity index (χ4v) is 11.3. The number of hydrogen-bond donors (Lipinski definition) is 10. The van der Waals surface area contributed by atoms with Crippen LogP contribution in [0.3, 0.4) is 0 Å². The summed E-state index contributed by atoms with van der Waals surface area (Å²) in [7, 11) is 4.82. The molecule has 0 heterocycles. The largest absolute Gasteiger partial charge is 0.462 e. The van der Waals surface area contributed by atoms with E-state index in [-0.39, 0.29) is 122 Å². The molecule has 0 radical (unpaired) electrons. The van der Waals surface area contributed by atoms with Gasteiger partial charge in [0.2, 0.25) is 29.5 Å². The summed E-state index contributed by atoms with van der Waals surface area (Å²) in [4.78, 5) is 149. The molecule has 10 N–H and O–H groups in total. The van der Waals surface area contributed by atoms with Gasteiger partial charge in [-0.3, -0.25) is 47.9 Å². The standard InChI is InChI=1S/C21H30N2O8.C20H32N2O2.C19H30N2O4.C19H29NO4.C18H27NO4/c1-21(2,3)20(29)22-12-15-4-6-16(7-5-15)19(28)23(8-10-30-17(26)13-24)9-11-31-18(27)14-25;1-6-22(7-2)14-8-9-18(23)17-12-10-16(11-13-17)15-21-19(24)20(3,4)5;1-19(2,3)18(23)20-14-15-6-8-16(9-7-15)17(22)21(10-12-24-4)11-13-25-5;1-19(2,3)18(23)20-13-14-5-7-15(8-6-14)17(22)16(9-11-21)10-12-24-4;1-18(2,3)17(23)19-12-13-4-6-14(7-5-13)16(22)15(8-10-20)9-11-21/h4-7,24-25H,8-14H2,1-3H3,(H,22,29);10-13H,6-9,14-15H2,1-5H3,(H,21,24);6-9H,10-14H2,1-5H3,(H,20,23);5-8,16,21H,9-13H2,1-4H3,(H,20,23);4-7,15,20-21H,8-12H2,1-3H3,(H,19,23). The van der Waals surface area contributed by atoms with Crippen LogP contribution in [0.1, 0.15) is 236 Å². The summed E-state index contributed by atoms with van der Waals surface area (Å²) in [6.45, 7) is 37.8. The molecule has 30 nitrogen and oxygen atoms in total. The molecule has 0 aliphatic heterocycles. The SMILES string of the molecule is CC(C)(C)C(=O)NCc1ccc(C(=O)C(CCO)CCO)cc1.CC(C)(C)C(=O)NCc1ccc(C(=O)N(CCOC(=O)CO)CCOC(=O)CO)cc1.CCN(CC)CCCC(=O)c1ccc(CNC(=O)C(C)(C)C)cc1.COCCC(CCO)C(=O)c1ccc(CNC(=O)C(C)(C)C)cc1.COCCN(CCOC)C(=O)c1ccc(CNC(=O)C(C)(C)C)cc1. The van der Waals surface area contributed by atoms with Crippen LogP contribution >= 0.6 is 0 Å². The van der Waals surface area contributed by atoms with E-state index < -0.39 is 46.8 Å². The Morgan fingerprint density at radius 3 is 0.803 bits per heavy atom. The van der Waals surface area contributed by atoms with E-state index in [1.54, 1.807) is 86.9 Å². The Morgan fingerprint density at radius 2 is 0.567 bits per heavy atom. The highest BCUT2D eigenvalue weighted by molar-refractivity contribution is 5.99. The molecule has 0 bridgehead atoms. The number of nitrogens with one attached hydrogen (secondary N) is 5. The molecule has 5 aromatic rings. The van der Waals surface area contributed by atoms with E-state index in [1.165, 1.54) is 4.90 Å². The molecular formula is C97H148N8O22. The van der Waals surface area contributed by atoms with Gasteiger partial charge >= 0.3 is 11.9 Å². The van der Waals surface area contributed by atoms with Crippen LogP contribution in [0.25, 0.3) is 0 Å². The first-order chi connectivity index (χ1) is 59.7. The van der Waals surface area contributed by atoms with Crippen molar-refractivity contribution in [2.75, 3.05) is 133 Å². The van der Waals surface area contributed by atoms with Crippen molar-refractivity contribution in [3.8, 4) is 0 Å². The molecule has 708 valence electrons. The number of aliphatic hydroxyl groups excluding tert-OH is 5. The van der Waals surface area contributed by atoms with Crippen molar-refractivity contribution in [3.63, 3.8) is 0 Å². The molecule has 0 aromatic heterocycles. The second-order valence-electron chi connectivity index (χ2n) is 35.5. The van der Waals surface area contributed by atoms with Crippen molar-refractivity contribution in [2.45, 2.75) is 189 Å². The van der Waals surface area contributed by atoms with Crippen molar-refractivity contribution >= 4 is 70.6 Å². The smallest absolute Gasteiger partial charge is 0.331 e. The van der Waals surface area contributed by atoms with E-state index in [2.05, 4.69) is 45.3 Å². The predicted octanol–water partition coefficient (Wildman–Crippen LogP) is 10.1. The van der Waals surface area contributed by atoms with Gasteiger partial charge in [-0.1, -0.05) is 215 Å². The number of methoxy groups -OCH3 is 3. The third-order valence-electron chi connectivity index (χ3n) is 19.7. The number of aliphatic hydroxyl groups is 5. The fourth-order valence-electron chi connectivity index (χ4n) is 11.3. The van der Waals surface area contributed by atoms with Gasteiger partial charge in [0.1, 0.15) is 26.4 Å². The maximum atomic E-state index is 12.8. The average Bonchev–Trinajstić information content (AvgIpc) is 0.877. The summed E-state index contributed by atoms with van der Waals surface area (Å²) in [5.41, 5.74) is 5.36. The molecule has 1 atom stereocenters. The number of amides is 7. The first-order valence-electron chi connectivity index (χ1n) is 43.3. The average molecular weight is 1780 g/mol. The topological polar surface area (TPSA) is 422 Å². The highest BCUT2D eigenvalue weighted by atomic mass is 16.6. The molecule has 30 heteroatoms. The van der Waals surface area contributed by atoms with Crippen LogP contribution in [0, 0.1) is 38.9 Å². The molecule has 5 rings (SSSR count). The van der Waals surface area contributed by atoms with Gasteiger partial charge in [-0.25, -0.2) is 9.59 Å². The quantitative estimate of drug-likeness (QED) is 0.0128. The van der Waals surface area contributed by atoms with Crippen LogP contribution in [-0.4, -0.2) is 244 Å². The molecule has 7 amide bonds. The van der Waals surface area contributed by atoms with Crippen LogP contribution < -0.4 is 26.6 Å². The number of nitrogens with zero attached hydrogens (tertiary/aromatic N) is 3. The molecule has 0 aliphatic rings. The summed E-state index contributed by atoms with van der Waals surface area (Å²) in [6.07, 6.45) is 3.21. The number of Topliss-reactive ketones (excluding diaryl/α,β-unsaturated/α-hetero) is 3. The minimum absolute atomic E-state index is 0.00189. The second kappa shape index (κ2) is 60.7. The Morgan fingerprint density at radius 1 is 0.323 bits per heavy atom. The maximum Gasteiger partial charge on any atom is 0.331 e. The molecule has 5 aromatic carbocycles. The van der Waals surface area contributed by atoms with Crippen LogP contribution in [0.15, 0.2) is 121 Å². The minimum atomic E-state index is -0.819. The number of ketones is 3. The lowest BCUT2D eigenvalue weighted by Crippen LogP contribution is -2.37. The van der Waals surface area contributed by atoms with Crippen LogP contribution in [0.2, 0.25) is 0 Å². The van der Waals surface area contributed by atoms with Gasteiger partial charge in [0.15, 0.2) is 17.3 Å². The first kappa shape index (κ1) is 115. The third kappa shape index (κ3) is 47.6. The van der Waals surface area contributed by atoms with Crippen molar-refractivity contribution in [3.05, 3.63) is 177 Å². The van der Waals surface area contributed by atoms with Crippen molar-refractivity contribution in [1.82, 2.24) is 41.3 Å². The number of hydrogen-bond acceptors (Lipinski definition) is 23. The van der Waals surface area contributed by atoms with Crippen LogP contribution in [0.4, 0.5) is 0 Å². The van der Waals surface area contributed by atoms with Gasteiger partial charge in [0.05, 0.1) is 26.3 Å². The Labute approximate surface area is 753 Å². The normalized spacial score (nSPS) is 11.6. The van der Waals surface area contributed by atoms with Crippen molar-refractivity contribution in [1.29, 1.82) is 0 Å². The Hall–Kier alpha value is -10.0. The summed E-state index contributed by atoms with van der Waals surface area (Å²) in [5.74, 6) is -2.64. The van der Waals surface area contributed by atoms with E-state index in [9.17, 15) is 57.5 Å². The maximum absolute atomic E-state index is 12.8. The van der Waals surface area contributed by atoms with E-state index in [4.69, 9.17) is 49.2 Å². The van der Waals surface area contributed by atoms with Gasteiger partial charge in [-0.05, 0) is 104 Å². The van der Waals surface area contributed by atoms with Gasteiger partial charge in [0, 0.05) is 167 Å². The molecule has 0 saturated carbocycles. The molecule has 0 spiro atoms. The van der Waals surface area contributed by atoms with Crippen LogP contribution in [0.5, 0.6) is 0 Å². The monoisotopic (exact) mass is 1780 g/mol. The summed E-state index contributed by atoms with van der Waals surface area (Å²) < 4.78 is 24.7. The number of rotatable bonds is 46. The van der Waals surface area contributed by atoms with Gasteiger partial charge in [0.25, 0.3) is 11.8 Å². The van der Waals surface area contributed by atoms with Gasteiger partial charge in [-0.15, -0.1) is 0 Å². The van der Waals surface area contributed by atoms with Crippen LogP contribution in [-0.2, 0) is 90.0 Å². The minimum Gasteiger partial charge on any atom is -0.462 e. The zero-order valence-electron chi connectivity index (χ0n) is 79.0. The van der Waals surface area contributed by atoms with E-state index in [1.807, 2.05) is 165 Å². The van der Waals surface area contributed by atoms with E-state index in [0.29, 0.717) is 120 Å². The van der Waals surface area contributed by atoms with Crippen molar-refractivity contribution in [2.24, 2.45) is 38.9 Å². The van der Waals surface area contributed by atoms with Gasteiger partial charge < -0.3 is 90.5 Å². The zero-order chi connectivity index (χ0) is 96.1. The van der Waals surface area contributed by atoms with Crippen molar-refractivity contribution < 1.29 is 107 Å². The summed E-state index contributed by atoms with van der Waals surface area (Å²) in [6, 6.07) is 35.8. The van der Waals surface area contributed by atoms with E-state index in [0.717, 1.165) is 59.4 Å². The number of carbonyl (C=O) groups is 12. The lowest BCUT2D eigenvalue weighted by atomic mass is 9.91. The third-order valence-corrected chi connectivity index (χ3v) is 19.7. The summed E-state index contributed by atoms with van der Waals surface area (Å²) in [5, 5.41) is 59.0. The fraction of sp³-hybridized carbons (Fsp3) is 0.567. The molecule has 0 aliphatic carbocycles. The second-order valence-corrected chi connectivity index (χ2v) is 35.5. The highest BCUT2D eigenvalue weighted by Gasteiger charge is 2.28. The molecule has 1 unspecified atom stereocenters. The lowest BCUT2D eigenvalue weighted by molar-refractivity contribution is -0.147. The lowest BCUT2D eigenvalue weighted by Gasteiger charge is -2.22. The first-order valence-corrected chi connectivity index (χ1v) is 43.3. The molecular weight excluding hydrogens is 1630 g/mol. The molecule has 0 fully saturated rings. The Balaban J connectivity index is 0.000000797. The predicted molar refractivity (Wildman–Crippen MR) is 489 cm³/mol. The molecule has 0 saturated heterocycles. The number of benzene rings is 5. The van der Waals surface area contributed by atoms with E-state index >= 15 is 0 Å². The number of carbonyl (C=O) groups excluding carboxylic acids is 12.